The van der Waals surface area contributed by atoms with Crippen molar-refractivity contribution in [3.63, 3.8) is 0 Å². The normalized spacial score (nSPS) is 24.9. The van der Waals surface area contributed by atoms with Gasteiger partial charge in [0.25, 0.3) is 0 Å². The number of hydrogen-bond donors (Lipinski definition) is 0. The average molecular weight is 219 g/mol. The Hall–Kier alpha value is -2.33. The molecule has 0 saturated heterocycles. The highest BCUT2D eigenvalue weighted by atomic mass is 16.7. The average Bonchev–Trinajstić information content (AvgIpc) is 2.42. The summed E-state index contributed by atoms with van der Waals surface area (Å²) >= 11 is 0. The fourth-order valence-electron chi connectivity index (χ4n) is 1.22. The topological polar surface area (TPSA) is 145 Å². The SMILES string of the molecule is CN1N=C([N+](=O)[O-])C([N+](=O)[O-])C1[N+](=O)[O-]. The summed E-state index contributed by atoms with van der Waals surface area (Å²) in [5.74, 6) is -1.02. The molecule has 0 aromatic rings. The van der Waals surface area contributed by atoms with Gasteiger partial charge in [0.2, 0.25) is 0 Å². The molecule has 1 heterocycles. The zero-order valence-corrected chi connectivity index (χ0v) is 7.34. The molecule has 0 bridgehead atoms. The minimum atomic E-state index is -2.04. The van der Waals surface area contributed by atoms with Crippen LogP contribution in [0.3, 0.4) is 0 Å². The first-order valence-electron chi connectivity index (χ1n) is 3.59. The molecule has 11 nitrogen and oxygen atoms in total. The summed E-state index contributed by atoms with van der Waals surface area (Å²) in [6.07, 6.45) is -1.83. The first-order valence-corrected chi connectivity index (χ1v) is 3.59. The van der Waals surface area contributed by atoms with Gasteiger partial charge in [-0.05, 0) is 4.92 Å². The number of hydrazone groups is 1. The Bertz CT molecular complexity index is 365. The van der Waals surface area contributed by atoms with Gasteiger partial charge in [0.1, 0.15) is 0 Å². The van der Waals surface area contributed by atoms with E-state index in [-0.39, 0.29) is 0 Å². The Morgan fingerprint density at radius 2 is 1.73 bits per heavy atom. The maximum atomic E-state index is 10.5. The second-order valence-corrected chi connectivity index (χ2v) is 2.72. The van der Waals surface area contributed by atoms with Crippen LogP contribution >= 0.6 is 0 Å². The third-order valence-corrected chi connectivity index (χ3v) is 1.82. The summed E-state index contributed by atoms with van der Waals surface area (Å²) in [6, 6.07) is -2.04. The molecule has 2 atom stereocenters. The zero-order valence-electron chi connectivity index (χ0n) is 7.34. The van der Waals surface area contributed by atoms with Crippen molar-refractivity contribution in [2.45, 2.75) is 12.2 Å². The van der Waals surface area contributed by atoms with Crippen LogP contribution in [-0.2, 0) is 0 Å². The Morgan fingerprint density at radius 3 is 2.07 bits per heavy atom. The van der Waals surface area contributed by atoms with E-state index in [9.17, 15) is 30.3 Å². The Morgan fingerprint density at radius 1 is 1.20 bits per heavy atom. The van der Waals surface area contributed by atoms with Gasteiger partial charge >= 0.3 is 18.0 Å². The molecule has 0 fully saturated rings. The van der Waals surface area contributed by atoms with Crippen molar-refractivity contribution < 1.29 is 14.8 Å². The standard InChI is InChI=1S/C4H5N5O6/c1-6-4(9(14)15)2(7(10)11)3(5-6)8(12)13/h2,4H,1H3. The molecule has 0 radical (unpaired) electrons. The van der Waals surface area contributed by atoms with E-state index in [0.717, 1.165) is 7.05 Å². The first-order chi connectivity index (χ1) is 6.86. The molecule has 0 aliphatic carbocycles. The van der Waals surface area contributed by atoms with Crippen LogP contribution in [0.2, 0.25) is 0 Å². The van der Waals surface area contributed by atoms with Crippen LogP contribution in [0.1, 0.15) is 0 Å². The smallest absolute Gasteiger partial charge is 0.358 e. The van der Waals surface area contributed by atoms with E-state index in [1.165, 1.54) is 0 Å². The van der Waals surface area contributed by atoms with Gasteiger partial charge in [-0.1, -0.05) is 0 Å². The van der Waals surface area contributed by atoms with Crippen molar-refractivity contribution >= 4 is 5.84 Å². The number of hydrogen-bond acceptors (Lipinski definition) is 8. The molecule has 11 heteroatoms. The molecule has 0 spiro atoms. The van der Waals surface area contributed by atoms with Crippen molar-refractivity contribution in [3.05, 3.63) is 30.3 Å². The van der Waals surface area contributed by atoms with E-state index in [1.807, 2.05) is 0 Å². The summed E-state index contributed by atoms with van der Waals surface area (Å²) in [5, 5.41) is 35.0. The maximum Gasteiger partial charge on any atom is 0.448 e. The number of likely N-dealkylation sites (N-methyl/N-ethyl adjacent to an activating group) is 1. The highest BCUT2D eigenvalue weighted by molar-refractivity contribution is 5.80. The highest BCUT2D eigenvalue weighted by Gasteiger charge is 2.61. The number of rotatable bonds is 2. The van der Waals surface area contributed by atoms with Gasteiger partial charge in [-0.3, -0.25) is 20.2 Å². The third-order valence-electron chi connectivity index (χ3n) is 1.82. The summed E-state index contributed by atoms with van der Waals surface area (Å²) in [6.45, 7) is 0. The zero-order chi connectivity index (χ0) is 11.7. The van der Waals surface area contributed by atoms with Crippen molar-refractivity contribution in [2.75, 3.05) is 7.05 Å². The van der Waals surface area contributed by atoms with Crippen molar-refractivity contribution in [1.29, 1.82) is 0 Å². The molecule has 1 rings (SSSR count). The minimum absolute atomic E-state index is 0.603. The largest absolute Gasteiger partial charge is 0.448 e. The highest BCUT2D eigenvalue weighted by Crippen LogP contribution is 2.17. The van der Waals surface area contributed by atoms with Crippen LogP contribution in [0.25, 0.3) is 0 Å². The molecule has 2 unspecified atom stereocenters. The molecular weight excluding hydrogens is 214 g/mol. The van der Waals surface area contributed by atoms with Crippen LogP contribution in [0, 0.1) is 30.3 Å². The van der Waals surface area contributed by atoms with Crippen LogP contribution in [-0.4, -0.2) is 44.9 Å². The lowest BCUT2D eigenvalue weighted by Crippen LogP contribution is -2.47. The van der Waals surface area contributed by atoms with Gasteiger partial charge < -0.3 is 10.1 Å². The van der Waals surface area contributed by atoms with Crippen molar-refractivity contribution in [3.8, 4) is 0 Å². The van der Waals surface area contributed by atoms with Gasteiger partial charge in [-0.25, -0.2) is 0 Å². The molecule has 0 saturated carbocycles. The van der Waals surface area contributed by atoms with Gasteiger partial charge in [-0.15, -0.1) is 5.01 Å². The van der Waals surface area contributed by atoms with E-state index in [1.54, 1.807) is 0 Å². The van der Waals surface area contributed by atoms with Gasteiger partial charge in [-0.2, -0.15) is 0 Å². The summed E-state index contributed by atoms with van der Waals surface area (Å²) in [4.78, 5) is 28.1. The van der Waals surface area contributed by atoms with E-state index in [0.29, 0.717) is 5.01 Å². The van der Waals surface area contributed by atoms with Crippen LogP contribution in [0.15, 0.2) is 5.10 Å². The Labute approximate surface area is 81.4 Å². The fourth-order valence-corrected chi connectivity index (χ4v) is 1.22. The molecular formula is C4H5N5O6. The predicted octanol–water partition coefficient (Wildman–Crippen LogP) is -1.23. The second kappa shape index (κ2) is 3.43. The maximum absolute atomic E-state index is 10.5. The van der Waals surface area contributed by atoms with Crippen LogP contribution in [0.4, 0.5) is 0 Å². The van der Waals surface area contributed by atoms with Crippen LogP contribution in [0.5, 0.6) is 0 Å². The lowest BCUT2D eigenvalue weighted by molar-refractivity contribution is -0.624. The van der Waals surface area contributed by atoms with E-state index >= 15 is 0 Å². The molecule has 0 amide bonds. The molecule has 1 aliphatic rings. The van der Waals surface area contributed by atoms with Gasteiger partial charge in [0.15, 0.2) is 0 Å². The lowest BCUT2D eigenvalue weighted by atomic mass is 10.2. The molecule has 0 aromatic carbocycles. The van der Waals surface area contributed by atoms with Crippen molar-refractivity contribution in [1.82, 2.24) is 5.01 Å². The predicted molar refractivity (Wildman–Crippen MR) is 43.8 cm³/mol. The molecule has 15 heavy (non-hydrogen) atoms. The molecule has 1 aliphatic heterocycles. The fraction of sp³-hybridized carbons (Fsp3) is 0.750. The third kappa shape index (κ3) is 1.66. The summed E-state index contributed by atoms with van der Waals surface area (Å²) in [5.41, 5.74) is 0. The van der Waals surface area contributed by atoms with Crippen LogP contribution < -0.4 is 0 Å². The lowest BCUT2D eigenvalue weighted by Gasteiger charge is -2.06. The Balaban J connectivity index is 3.12. The molecule has 0 aromatic heterocycles. The molecule has 82 valence electrons. The monoisotopic (exact) mass is 219 g/mol. The number of nitrogens with zero attached hydrogens (tertiary/aromatic N) is 5. The van der Waals surface area contributed by atoms with Gasteiger partial charge in [0.05, 0.1) is 17.1 Å². The minimum Gasteiger partial charge on any atom is -0.358 e. The summed E-state index contributed by atoms with van der Waals surface area (Å²) in [7, 11) is 1.07. The molecule has 0 N–H and O–H groups in total. The van der Waals surface area contributed by atoms with Gasteiger partial charge in [0, 0.05) is 4.92 Å². The van der Waals surface area contributed by atoms with E-state index in [4.69, 9.17) is 0 Å². The van der Waals surface area contributed by atoms with E-state index < -0.39 is 32.8 Å². The Kier molecular flexibility index (Phi) is 2.46. The number of nitro groups is 3. The van der Waals surface area contributed by atoms with E-state index in [2.05, 4.69) is 5.10 Å². The number of amidine groups is 1. The second-order valence-electron chi connectivity index (χ2n) is 2.72. The first kappa shape index (κ1) is 10.7. The quantitative estimate of drug-likeness (QED) is 0.417. The van der Waals surface area contributed by atoms with Crippen molar-refractivity contribution in [2.24, 2.45) is 5.10 Å². The summed E-state index contributed by atoms with van der Waals surface area (Å²) < 4.78 is 0.